The summed E-state index contributed by atoms with van der Waals surface area (Å²) in [6.07, 6.45) is 1.76. The molecule has 1 aromatic heterocycles. The zero-order valence-electron chi connectivity index (χ0n) is 7.29. The van der Waals surface area contributed by atoms with Crippen molar-refractivity contribution < 1.29 is 4.79 Å². The van der Waals surface area contributed by atoms with Gasteiger partial charge in [-0.15, -0.1) is 11.8 Å². The van der Waals surface area contributed by atoms with Crippen molar-refractivity contribution in [1.82, 2.24) is 4.98 Å². The zero-order chi connectivity index (χ0) is 9.68. The lowest BCUT2D eigenvalue weighted by atomic mass is 10.4. The Bertz CT molecular complexity index is 303. The quantitative estimate of drug-likeness (QED) is 0.833. The second kappa shape index (κ2) is 5.40. The Balaban J connectivity index is 2.41. The molecule has 0 aliphatic rings. The van der Waals surface area contributed by atoms with Crippen LogP contribution >= 0.6 is 27.7 Å². The van der Waals surface area contributed by atoms with E-state index >= 15 is 0 Å². The second-order valence-electron chi connectivity index (χ2n) is 2.66. The lowest BCUT2D eigenvalue weighted by Crippen LogP contribution is -1.94. The van der Waals surface area contributed by atoms with Gasteiger partial charge in [0.05, 0.1) is 11.4 Å². The van der Waals surface area contributed by atoms with E-state index in [0.717, 1.165) is 15.9 Å². The Morgan fingerprint density at radius 1 is 1.69 bits per heavy atom. The Kier molecular flexibility index (Phi) is 4.45. The number of carbonyl (C=O) groups excluding carboxylic acids is 1. The number of rotatable bonds is 4. The molecule has 0 fully saturated rings. The van der Waals surface area contributed by atoms with Gasteiger partial charge in [0.15, 0.2) is 0 Å². The van der Waals surface area contributed by atoms with Crippen LogP contribution in [-0.4, -0.2) is 16.5 Å². The lowest BCUT2D eigenvalue weighted by molar-refractivity contribution is -0.114. The lowest BCUT2D eigenvalue weighted by Gasteiger charge is -1.99. The average Bonchev–Trinajstić information content (AvgIpc) is 2.03. The third kappa shape index (κ3) is 4.43. The monoisotopic (exact) mass is 259 g/mol. The van der Waals surface area contributed by atoms with Gasteiger partial charge >= 0.3 is 0 Å². The Morgan fingerprint density at radius 2 is 2.46 bits per heavy atom. The molecule has 0 radical (unpaired) electrons. The molecule has 0 N–H and O–H groups in total. The standard InChI is InChI=1S/C9H10BrNOS/c1-7(12)5-13-6-9-4-8(10)2-3-11-9/h2-4H,5-6H2,1H3. The molecule has 0 spiro atoms. The van der Waals surface area contributed by atoms with Gasteiger partial charge in [0, 0.05) is 16.4 Å². The fourth-order valence-corrected chi connectivity index (χ4v) is 1.97. The third-order valence-corrected chi connectivity index (χ3v) is 2.94. The van der Waals surface area contributed by atoms with Gasteiger partial charge in [0.1, 0.15) is 5.78 Å². The molecular weight excluding hydrogens is 250 g/mol. The van der Waals surface area contributed by atoms with Crippen molar-refractivity contribution in [2.45, 2.75) is 12.7 Å². The minimum absolute atomic E-state index is 0.208. The minimum Gasteiger partial charge on any atom is -0.299 e. The summed E-state index contributed by atoms with van der Waals surface area (Å²) in [5, 5.41) is 0. The van der Waals surface area contributed by atoms with Gasteiger partial charge in [-0.25, -0.2) is 0 Å². The number of pyridine rings is 1. The summed E-state index contributed by atoms with van der Waals surface area (Å²) < 4.78 is 1.03. The van der Waals surface area contributed by atoms with Crippen molar-refractivity contribution in [2.75, 3.05) is 5.75 Å². The van der Waals surface area contributed by atoms with E-state index in [0.29, 0.717) is 5.75 Å². The first-order chi connectivity index (χ1) is 6.18. The van der Waals surface area contributed by atoms with E-state index in [2.05, 4.69) is 20.9 Å². The number of aromatic nitrogens is 1. The van der Waals surface area contributed by atoms with Crippen molar-refractivity contribution in [1.29, 1.82) is 0 Å². The molecule has 0 unspecified atom stereocenters. The maximum atomic E-state index is 10.7. The summed E-state index contributed by atoms with van der Waals surface area (Å²) in [6.45, 7) is 1.60. The molecule has 1 rings (SSSR count). The van der Waals surface area contributed by atoms with Crippen LogP contribution in [-0.2, 0) is 10.5 Å². The fraction of sp³-hybridized carbons (Fsp3) is 0.333. The fourth-order valence-electron chi connectivity index (χ4n) is 0.827. The van der Waals surface area contributed by atoms with Crippen LogP contribution in [0.1, 0.15) is 12.6 Å². The molecule has 0 aliphatic heterocycles. The molecule has 0 bridgehead atoms. The van der Waals surface area contributed by atoms with E-state index in [1.165, 1.54) is 0 Å². The van der Waals surface area contributed by atoms with Gasteiger partial charge < -0.3 is 0 Å². The minimum atomic E-state index is 0.208. The van der Waals surface area contributed by atoms with Crippen molar-refractivity contribution in [3.05, 3.63) is 28.5 Å². The van der Waals surface area contributed by atoms with E-state index in [-0.39, 0.29) is 5.78 Å². The molecule has 70 valence electrons. The molecule has 0 aliphatic carbocycles. The Labute approximate surface area is 90.3 Å². The van der Waals surface area contributed by atoms with E-state index in [4.69, 9.17) is 0 Å². The van der Waals surface area contributed by atoms with E-state index < -0.39 is 0 Å². The van der Waals surface area contributed by atoms with Crippen molar-refractivity contribution in [2.24, 2.45) is 0 Å². The van der Waals surface area contributed by atoms with Crippen LogP contribution in [0.25, 0.3) is 0 Å². The number of Topliss-reactive ketones (excluding diaryl/α,β-unsaturated/α-hetero) is 1. The number of carbonyl (C=O) groups is 1. The van der Waals surface area contributed by atoms with Gasteiger partial charge in [-0.05, 0) is 19.1 Å². The number of nitrogens with zero attached hydrogens (tertiary/aromatic N) is 1. The smallest absolute Gasteiger partial charge is 0.139 e. The summed E-state index contributed by atoms with van der Waals surface area (Å²) in [6, 6.07) is 3.85. The van der Waals surface area contributed by atoms with Crippen molar-refractivity contribution >= 4 is 33.5 Å². The molecular formula is C9H10BrNOS. The maximum absolute atomic E-state index is 10.7. The van der Waals surface area contributed by atoms with Gasteiger partial charge in [-0.3, -0.25) is 9.78 Å². The highest BCUT2D eigenvalue weighted by molar-refractivity contribution is 9.10. The number of hydrogen-bond acceptors (Lipinski definition) is 3. The number of halogens is 1. The van der Waals surface area contributed by atoms with Gasteiger partial charge in [-0.1, -0.05) is 15.9 Å². The van der Waals surface area contributed by atoms with Crippen molar-refractivity contribution in [3.63, 3.8) is 0 Å². The van der Waals surface area contributed by atoms with Gasteiger partial charge in [0.25, 0.3) is 0 Å². The average molecular weight is 260 g/mol. The SMILES string of the molecule is CC(=O)CSCc1cc(Br)ccn1. The zero-order valence-corrected chi connectivity index (χ0v) is 9.69. The predicted molar refractivity (Wildman–Crippen MR) is 58.8 cm³/mol. The molecule has 4 heteroatoms. The van der Waals surface area contributed by atoms with Crippen LogP contribution in [0.2, 0.25) is 0 Å². The van der Waals surface area contributed by atoms with Gasteiger partial charge in [0.2, 0.25) is 0 Å². The van der Waals surface area contributed by atoms with E-state index in [1.54, 1.807) is 24.9 Å². The summed E-state index contributed by atoms with van der Waals surface area (Å²) in [7, 11) is 0. The molecule has 13 heavy (non-hydrogen) atoms. The highest BCUT2D eigenvalue weighted by Crippen LogP contribution is 2.14. The summed E-state index contributed by atoms with van der Waals surface area (Å²) in [5.41, 5.74) is 1.00. The molecule has 2 nitrogen and oxygen atoms in total. The first-order valence-electron chi connectivity index (χ1n) is 3.86. The third-order valence-electron chi connectivity index (χ3n) is 1.33. The second-order valence-corrected chi connectivity index (χ2v) is 4.56. The largest absolute Gasteiger partial charge is 0.299 e. The summed E-state index contributed by atoms with van der Waals surface area (Å²) >= 11 is 4.96. The normalized spacial score (nSPS) is 10.0. The Hall–Kier alpha value is -0.350. The molecule has 0 aromatic carbocycles. The number of ketones is 1. The highest BCUT2D eigenvalue weighted by Gasteiger charge is 1.97. The predicted octanol–water partition coefficient (Wildman–Crippen LogP) is 2.67. The molecule has 0 atom stereocenters. The van der Waals surface area contributed by atoms with Crippen LogP contribution in [0, 0.1) is 0 Å². The molecule has 0 amide bonds. The summed E-state index contributed by atoms with van der Waals surface area (Å²) in [5.74, 6) is 1.56. The molecule has 1 aromatic rings. The van der Waals surface area contributed by atoms with Crippen LogP contribution < -0.4 is 0 Å². The van der Waals surface area contributed by atoms with Crippen LogP contribution in [0.5, 0.6) is 0 Å². The maximum Gasteiger partial charge on any atom is 0.139 e. The first-order valence-corrected chi connectivity index (χ1v) is 5.81. The number of hydrogen-bond donors (Lipinski definition) is 0. The summed E-state index contributed by atoms with van der Waals surface area (Å²) in [4.78, 5) is 14.8. The molecule has 0 saturated heterocycles. The topological polar surface area (TPSA) is 30.0 Å². The van der Waals surface area contributed by atoms with Crippen LogP contribution in [0.3, 0.4) is 0 Å². The van der Waals surface area contributed by atoms with Crippen molar-refractivity contribution in [3.8, 4) is 0 Å². The van der Waals surface area contributed by atoms with Gasteiger partial charge in [-0.2, -0.15) is 0 Å². The number of thioether (sulfide) groups is 1. The molecule has 0 saturated carbocycles. The highest BCUT2D eigenvalue weighted by atomic mass is 79.9. The van der Waals surface area contributed by atoms with E-state index in [9.17, 15) is 4.79 Å². The van der Waals surface area contributed by atoms with E-state index in [1.807, 2.05) is 12.1 Å². The molecule has 1 heterocycles. The van der Waals surface area contributed by atoms with Crippen LogP contribution in [0.4, 0.5) is 0 Å². The first kappa shape index (κ1) is 10.7. The van der Waals surface area contributed by atoms with Crippen LogP contribution in [0.15, 0.2) is 22.8 Å². The Morgan fingerprint density at radius 3 is 3.08 bits per heavy atom.